The van der Waals surface area contributed by atoms with Gasteiger partial charge in [-0.05, 0) is 60.2 Å². The van der Waals surface area contributed by atoms with E-state index >= 15 is 0 Å². The Bertz CT molecular complexity index is 1250. The predicted molar refractivity (Wildman–Crippen MR) is 129 cm³/mol. The molecule has 1 saturated heterocycles. The van der Waals surface area contributed by atoms with Crippen LogP contribution in [0, 0.1) is 11.3 Å². The van der Waals surface area contributed by atoms with Gasteiger partial charge in [0.15, 0.2) is 0 Å². The van der Waals surface area contributed by atoms with Crippen LogP contribution in [0.15, 0.2) is 54.6 Å². The molecule has 0 radical (unpaired) electrons. The van der Waals surface area contributed by atoms with Crippen LogP contribution in [0.1, 0.15) is 46.5 Å². The van der Waals surface area contributed by atoms with E-state index in [-0.39, 0.29) is 6.10 Å². The number of carbonyl (C=O) groups is 1. The van der Waals surface area contributed by atoms with Gasteiger partial charge < -0.3 is 15.4 Å². The van der Waals surface area contributed by atoms with Crippen LogP contribution in [0.3, 0.4) is 0 Å². The molecule has 33 heavy (non-hydrogen) atoms. The maximum atomic E-state index is 11.4. The Labute approximate surface area is 194 Å². The molecule has 6 nitrogen and oxygen atoms in total. The molecule has 2 aliphatic rings. The fourth-order valence-corrected chi connectivity index (χ4v) is 5.16. The van der Waals surface area contributed by atoms with E-state index in [1.165, 1.54) is 16.6 Å². The highest BCUT2D eigenvalue weighted by atomic mass is 16.5. The first kappa shape index (κ1) is 21.4. The predicted octanol–water partition coefficient (Wildman–Crippen LogP) is 3.98. The van der Waals surface area contributed by atoms with Crippen LogP contribution in [0.5, 0.6) is 0 Å². The van der Waals surface area contributed by atoms with Gasteiger partial charge in [0.05, 0.1) is 24.3 Å². The number of benzene rings is 3. The van der Waals surface area contributed by atoms with Gasteiger partial charge in [-0.1, -0.05) is 24.3 Å². The number of hydrogen-bond donors (Lipinski definition) is 1. The molecule has 0 bridgehead atoms. The zero-order chi connectivity index (χ0) is 22.9. The Hall–Kier alpha value is -3.40. The van der Waals surface area contributed by atoms with Gasteiger partial charge >= 0.3 is 0 Å². The number of piperazine rings is 1. The molecule has 1 unspecified atom stereocenters. The fraction of sp³-hybridized carbons (Fsp3) is 0.333. The van der Waals surface area contributed by atoms with Crippen molar-refractivity contribution >= 4 is 22.4 Å². The number of nitriles is 1. The van der Waals surface area contributed by atoms with Crippen LogP contribution in [0.25, 0.3) is 10.8 Å². The highest BCUT2D eigenvalue weighted by molar-refractivity contribution is 5.95. The molecule has 1 fully saturated rings. The highest BCUT2D eigenvalue weighted by Gasteiger charge is 2.28. The molecule has 0 aromatic heterocycles. The number of ether oxygens (including phenoxy) is 1. The normalized spacial score (nSPS) is 20.5. The number of primary amides is 1. The number of hydrogen-bond acceptors (Lipinski definition) is 5. The molecule has 0 spiro atoms. The summed E-state index contributed by atoms with van der Waals surface area (Å²) in [5.74, 6) is -0.398. The Morgan fingerprint density at radius 3 is 2.85 bits per heavy atom. The van der Waals surface area contributed by atoms with Crippen molar-refractivity contribution in [3.63, 3.8) is 0 Å². The maximum Gasteiger partial charge on any atom is 0.248 e. The van der Waals surface area contributed by atoms with Gasteiger partial charge in [0, 0.05) is 48.9 Å². The van der Waals surface area contributed by atoms with Crippen LogP contribution in [0.2, 0.25) is 0 Å². The second kappa shape index (κ2) is 8.86. The van der Waals surface area contributed by atoms with Gasteiger partial charge in [0.2, 0.25) is 5.91 Å². The molecule has 168 valence electrons. The molecule has 2 heterocycles. The van der Waals surface area contributed by atoms with Crippen molar-refractivity contribution in [1.82, 2.24) is 4.90 Å². The molecular formula is C27H28N4O2. The van der Waals surface area contributed by atoms with Gasteiger partial charge in [-0.15, -0.1) is 0 Å². The topological polar surface area (TPSA) is 82.6 Å². The van der Waals surface area contributed by atoms with E-state index in [0.717, 1.165) is 43.5 Å². The molecule has 5 rings (SSSR count). The molecule has 0 saturated carbocycles. The molecule has 1 amide bonds. The third-order valence-corrected chi connectivity index (χ3v) is 6.99. The number of fused-ring (bicyclic) bond motifs is 2. The Morgan fingerprint density at radius 1 is 1.18 bits per heavy atom. The molecule has 3 aromatic carbocycles. The van der Waals surface area contributed by atoms with Crippen LogP contribution in [-0.4, -0.2) is 43.0 Å². The lowest BCUT2D eigenvalue weighted by atomic mass is 10.00. The lowest BCUT2D eigenvalue weighted by Crippen LogP contribution is -2.52. The average Bonchev–Trinajstić information content (AvgIpc) is 3.24. The molecule has 2 N–H and O–H groups in total. The van der Waals surface area contributed by atoms with E-state index in [4.69, 9.17) is 10.5 Å². The first-order valence-electron chi connectivity index (χ1n) is 11.5. The lowest BCUT2D eigenvalue weighted by molar-refractivity contribution is 0.0466. The summed E-state index contributed by atoms with van der Waals surface area (Å²) in [6, 6.07) is 20.6. The third kappa shape index (κ3) is 4.18. The first-order valence-corrected chi connectivity index (χ1v) is 11.5. The Balaban J connectivity index is 1.23. The standard InChI is InChI=1S/C27H28N4O2/c1-18-16-31(25-4-2-3-20-13-19(15-28)5-7-23(20)25)12-11-30(18)10-9-26-24-8-6-21(27(29)32)14-22(24)17-33-26/h2-8,13-14,18,26H,9-12,16-17H2,1H3,(H2,29,32)/t18-,26?/m1/s1. The molecule has 6 heteroatoms. The SMILES string of the molecule is C[C@@H]1CN(c2cccc3cc(C#N)ccc23)CCN1CCC1OCc2cc(C(N)=O)ccc21. The van der Waals surface area contributed by atoms with Crippen molar-refractivity contribution in [2.45, 2.75) is 32.1 Å². The highest BCUT2D eigenvalue weighted by Crippen LogP contribution is 2.34. The summed E-state index contributed by atoms with van der Waals surface area (Å²) in [4.78, 5) is 16.4. The first-order chi connectivity index (χ1) is 16.0. The quantitative estimate of drug-likeness (QED) is 0.649. The summed E-state index contributed by atoms with van der Waals surface area (Å²) in [6.45, 7) is 6.72. The minimum absolute atomic E-state index is 0.0690. The van der Waals surface area contributed by atoms with Gasteiger partial charge in [0.1, 0.15) is 0 Å². The van der Waals surface area contributed by atoms with Crippen molar-refractivity contribution in [2.24, 2.45) is 5.73 Å². The molecular weight excluding hydrogens is 412 g/mol. The lowest BCUT2D eigenvalue weighted by Gasteiger charge is -2.41. The van der Waals surface area contributed by atoms with Crippen molar-refractivity contribution in [1.29, 1.82) is 5.26 Å². The van der Waals surface area contributed by atoms with Gasteiger partial charge in [-0.3, -0.25) is 9.69 Å². The van der Waals surface area contributed by atoms with Crippen LogP contribution in [0.4, 0.5) is 5.69 Å². The van der Waals surface area contributed by atoms with E-state index in [0.29, 0.717) is 23.8 Å². The minimum atomic E-state index is -0.398. The fourth-order valence-electron chi connectivity index (χ4n) is 5.16. The van der Waals surface area contributed by atoms with Crippen molar-refractivity contribution in [3.05, 3.63) is 76.9 Å². The maximum absolute atomic E-state index is 11.4. The number of carbonyl (C=O) groups excluding carboxylic acids is 1. The number of nitrogens with two attached hydrogens (primary N) is 1. The number of rotatable bonds is 5. The zero-order valence-corrected chi connectivity index (χ0v) is 18.8. The molecule has 2 atom stereocenters. The monoisotopic (exact) mass is 440 g/mol. The van der Waals surface area contributed by atoms with E-state index < -0.39 is 5.91 Å². The molecule has 3 aromatic rings. The van der Waals surface area contributed by atoms with Gasteiger partial charge in [-0.25, -0.2) is 0 Å². The van der Waals surface area contributed by atoms with Crippen LogP contribution < -0.4 is 10.6 Å². The summed E-state index contributed by atoms with van der Waals surface area (Å²) in [7, 11) is 0. The second-order valence-electron chi connectivity index (χ2n) is 9.02. The zero-order valence-electron chi connectivity index (χ0n) is 18.8. The number of nitrogens with zero attached hydrogens (tertiary/aromatic N) is 3. The van der Waals surface area contributed by atoms with E-state index in [1.54, 1.807) is 6.07 Å². The smallest absolute Gasteiger partial charge is 0.248 e. The van der Waals surface area contributed by atoms with Crippen molar-refractivity contribution in [3.8, 4) is 6.07 Å². The third-order valence-electron chi connectivity index (χ3n) is 6.99. The summed E-state index contributed by atoms with van der Waals surface area (Å²) in [5.41, 5.74) is 10.1. The van der Waals surface area contributed by atoms with Crippen LogP contribution >= 0.6 is 0 Å². The van der Waals surface area contributed by atoms with Gasteiger partial charge in [0.25, 0.3) is 0 Å². The number of amides is 1. The van der Waals surface area contributed by atoms with Crippen LogP contribution in [-0.2, 0) is 11.3 Å². The second-order valence-corrected chi connectivity index (χ2v) is 9.02. The minimum Gasteiger partial charge on any atom is -0.369 e. The summed E-state index contributed by atoms with van der Waals surface area (Å²) >= 11 is 0. The van der Waals surface area contributed by atoms with Crippen molar-refractivity contribution in [2.75, 3.05) is 31.1 Å². The largest absolute Gasteiger partial charge is 0.369 e. The summed E-state index contributed by atoms with van der Waals surface area (Å²) in [5, 5.41) is 11.5. The van der Waals surface area contributed by atoms with E-state index in [2.05, 4.69) is 47.1 Å². The van der Waals surface area contributed by atoms with Crippen molar-refractivity contribution < 1.29 is 9.53 Å². The Morgan fingerprint density at radius 2 is 2.06 bits per heavy atom. The average molecular weight is 441 g/mol. The summed E-state index contributed by atoms with van der Waals surface area (Å²) < 4.78 is 6.03. The van der Waals surface area contributed by atoms with E-state index in [9.17, 15) is 10.1 Å². The van der Waals surface area contributed by atoms with E-state index in [1.807, 2.05) is 24.3 Å². The van der Waals surface area contributed by atoms with Gasteiger partial charge in [-0.2, -0.15) is 5.26 Å². The number of anilines is 1. The molecule has 0 aliphatic carbocycles. The molecule has 2 aliphatic heterocycles. The summed E-state index contributed by atoms with van der Waals surface area (Å²) in [6.07, 6.45) is 0.998. The Kier molecular flexibility index (Phi) is 5.76.